The van der Waals surface area contributed by atoms with Crippen LogP contribution < -0.4 is 0 Å². The minimum absolute atomic E-state index is 0.0608. The van der Waals surface area contributed by atoms with Crippen LogP contribution in [0.25, 0.3) is 0 Å². The maximum Gasteiger partial charge on any atom is 0.224 e. The summed E-state index contributed by atoms with van der Waals surface area (Å²) in [6.45, 7) is 2.91. The Morgan fingerprint density at radius 1 is 1.36 bits per heavy atom. The molecule has 1 aromatic heterocycles. The molecule has 1 unspecified atom stereocenters. The monoisotopic (exact) mass is 351 g/mol. The first-order valence-electron chi connectivity index (χ1n) is 7.35. The Bertz CT molecular complexity index is 670. The van der Waals surface area contributed by atoms with E-state index in [4.69, 9.17) is 11.6 Å². The number of hydrogen-bond donors (Lipinski definition) is 0. The molecule has 2 heterocycles. The van der Waals surface area contributed by atoms with E-state index in [1.165, 1.54) is 10.4 Å². The molecule has 0 spiro atoms. The van der Waals surface area contributed by atoms with Crippen molar-refractivity contribution in [1.29, 1.82) is 0 Å². The number of hydrogen-bond acceptors (Lipinski definition) is 3. The lowest BCUT2D eigenvalue weighted by atomic mass is 10.1. The normalized spacial score (nSPS) is 17.9. The summed E-state index contributed by atoms with van der Waals surface area (Å²) < 4.78 is 0. The van der Waals surface area contributed by atoms with Gasteiger partial charge in [0.15, 0.2) is 0 Å². The Labute approximate surface area is 144 Å². The number of amides is 1. The van der Waals surface area contributed by atoms with Crippen molar-refractivity contribution in [1.82, 2.24) is 4.90 Å². The highest BCUT2D eigenvalue weighted by atomic mass is 35.5. The number of thiophene rings is 1. The van der Waals surface area contributed by atoms with E-state index in [1.54, 1.807) is 23.1 Å². The van der Waals surface area contributed by atoms with Gasteiger partial charge in [-0.2, -0.15) is 0 Å². The first-order chi connectivity index (χ1) is 10.7. The van der Waals surface area contributed by atoms with Crippen LogP contribution in [-0.2, 0) is 11.2 Å². The second-order valence-electron chi connectivity index (χ2n) is 5.36. The fraction of sp³-hybridized carbons (Fsp3) is 0.353. The van der Waals surface area contributed by atoms with E-state index in [0.29, 0.717) is 6.42 Å². The molecule has 1 amide bonds. The lowest BCUT2D eigenvalue weighted by molar-refractivity contribution is -0.131. The quantitative estimate of drug-likeness (QED) is 0.779. The maximum atomic E-state index is 12.6. The van der Waals surface area contributed by atoms with E-state index < -0.39 is 0 Å². The van der Waals surface area contributed by atoms with Crippen LogP contribution in [0.4, 0.5) is 0 Å². The largest absolute Gasteiger partial charge is 0.326 e. The standard InChI is InChI=1S/C17H18ClNOS2/c1-12-8-10-21-15(12)6-7-16(20)19-9-11-22-17(19)13-4-2-3-5-14(13)18/h2-5,8,10,17H,6-7,9,11H2,1H3. The van der Waals surface area contributed by atoms with E-state index >= 15 is 0 Å². The van der Waals surface area contributed by atoms with Gasteiger partial charge >= 0.3 is 0 Å². The summed E-state index contributed by atoms with van der Waals surface area (Å²) in [5.41, 5.74) is 2.34. The third-order valence-corrected chi connectivity index (χ3v) is 6.59. The molecule has 2 nitrogen and oxygen atoms in total. The van der Waals surface area contributed by atoms with Crippen molar-refractivity contribution in [3.63, 3.8) is 0 Å². The molecule has 0 bridgehead atoms. The van der Waals surface area contributed by atoms with Gasteiger partial charge in [-0.3, -0.25) is 4.79 Å². The average Bonchev–Trinajstić information content (AvgIpc) is 3.14. The van der Waals surface area contributed by atoms with Crippen LogP contribution in [-0.4, -0.2) is 23.1 Å². The maximum absolute atomic E-state index is 12.6. The topological polar surface area (TPSA) is 20.3 Å². The van der Waals surface area contributed by atoms with Crippen LogP contribution in [0.3, 0.4) is 0 Å². The Hall–Kier alpha value is -0.970. The summed E-state index contributed by atoms with van der Waals surface area (Å²) in [4.78, 5) is 15.9. The summed E-state index contributed by atoms with van der Waals surface area (Å²) in [6, 6.07) is 9.94. The molecule has 0 aliphatic carbocycles. The molecule has 22 heavy (non-hydrogen) atoms. The summed E-state index contributed by atoms with van der Waals surface area (Å²) >= 11 is 9.84. The Balaban J connectivity index is 1.69. The third kappa shape index (κ3) is 3.34. The molecule has 0 radical (unpaired) electrons. The van der Waals surface area contributed by atoms with Crippen molar-refractivity contribution in [3.8, 4) is 0 Å². The SMILES string of the molecule is Cc1ccsc1CCC(=O)N1CCSC1c1ccccc1Cl. The van der Waals surface area contributed by atoms with Gasteiger partial charge in [0, 0.05) is 34.2 Å². The highest BCUT2D eigenvalue weighted by molar-refractivity contribution is 7.99. The summed E-state index contributed by atoms with van der Waals surface area (Å²) in [6.07, 6.45) is 1.40. The van der Waals surface area contributed by atoms with Crippen LogP contribution in [0.15, 0.2) is 35.7 Å². The zero-order chi connectivity index (χ0) is 15.5. The molecule has 1 aromatic carbocycles. The van der Waals surface area contributed by atoms with Gasteiger partial charge in [-0.05, 0) is 36.4 Å². The van der Waals surface area contributed by atoms with E-state index in [-0.39, 0.29) is 11.3 Å². The summed E-state index contributed by atoms with van der Waals surface area (Å²) in [5.74, 6) is 1.20. The van der Waals surface area contributed by atoms with Crippen LogP contribution in [0, 0.1) is 6.92 Å². The molecule has 2 aromatic rings. The van der Waals surface area contributed by atoms with Gasteiger partial charge in [0.25, 0.3) is 0 Å². The second-order valence-corrected chi connectivity index (χ2v) is 7.95. The number of benzene rings is 1. The number of carbonyl (C=O) groups excluding carboxylic acids is 1. The minimum Gasteiger partial charge on any atom is -0.326 e. The van der Waals surface area contributed by atoms with Gasteiger partial charge < -0.3 is 4.90 Å². The number of halogens is 1. The van der Waals surface area contributed by atoms with Crippen molar-refractivity contribution < 1.29 is 4.79 Å². The van der Waals surface area contributed by atoms with E-state index in [2.05, 4.69) is 18.4 Å². The van der Waals surface area contributed by atoms with Crippen LogP contribution in [0.5, 0.6) is 0 Å². The Morgan fingerprint density at radius 3 is 2.91 bits per heavy atom. The predicted octanol–water partition coefficient (Wildman–Crippen LogP) is 4.92. The van der Waals surface area contributed by atoms with Crippen LogP contribution >= 0.6 is 34.7 Å². The molecule has 0 saturated carbocycles. The molecule has 0 N–H and O–H groups in total. The summed E-state index contributed by atoms with van der Waals surface area (Å²) in [5, 5.41) is 2.90. The lowest BCUT2D eigenvalue weighted by Crippen LogP contribution is -2.30. The van der Waals surface area contributed by atoms with Crippen molar-refractivity contribution in [2.75, 3.05) is 12.3 Å². The van der Waals surface area contributed by atoms with Gasteiger partial charge in [-0.1, -0.05) is 29.8 Å². The molecule has 3 rings (SSSR count). The Morgan fingerprint density at radius 2 is 2.18 bits per heavy atom. The van der Waals surface area contributed by atoms with Crippen molar-refractivity contribution >= 4 is 40.6 Å². The predicted molar refractivity (Wildman–Crippen MR) is 95.7 cm³/mol. The molecule has 1 atom stereocenters. The molecule has 1 aliphatic rings. The van der Waals surface area contributed by atoms with E-state index in [1.807, 2.05) is 29.2 Å². The van der Waals surface area contributed by atoms with Gasteiger partial charge in [0.2, 0.25) is 5.91 Å². The van der Waals surface area contributed by atoms with Crippen LogP contribution in [0.1, 0.15) is 27.8 Å². The first-order valence-corrected chi connectivity index (χ1v) is 9.66. The number of carbonyl (C=O) groups is 1. The number of aryl methyl sites for hydroxylation is 2. The van der Waals surface area contributed by atoms with Crippen molar-refractivity contribution in [2.24, 2.45) is 0 Å². The first kappa shape index (κ1) is 15.9. The van der Waals surface area contributed by atoms with Gasteiger partial charge in [0.1, 0.15) is 5.37 Å². The van der Waals surface area contributed by atoms with Crippen molar-refractivity contribution in [3.05, 3.63) is 56.7 Å². The zero-order valence-electron chi connectivity index (χ0n) is 12.4. The average molecular weight is 352 g/mol. The molecule has 1 fully saturated rings. The molecule has 1 aliphatic heterocycles. The number of thioether (sulfide) groups is 1. The molecule has 1 saturated heterocycles. The Kier molecular flexibility index (Phi) is 5.11. The summed E-state index contributed by atoms with van der Waals surface area (Å²) in [7, 11) is 0. The highest BCUT2D eigenvalue weighted by Gasteiger charge is 2.31. The number of rotatable bonds is 4. The number of nitrogens with zero attached hydrogens (tertiary/aromatic N) is 1. The van der Waals surface area contributed by atoms with E-state index in [9.17, 15) is 4.79 Å². The molecular weight excluding hydrogens is 334 g/mol. The molecular formula is C17H18ClNOS2. The lowest BCUT2D eigenvalue weighted by Gasteiger charge is -2.25. The van der Waals surface area contributed by atoms with Gasteiger partial charge in [0.05, 0.1) is 0 Å². The third-order valence-electron chi connectivity index (χ3n) is 3.92. The van der Waals surface area contributed by atoms with Crippen LogP contribution in [0.2, 0.25) is 5.02 Å². The second kappa shape index (κ2) is 7.07. The van der Waals surface area contributed by atoms with E-state index in [0.717, 1.165) is 29.3 Å². The zero-order valence-corrected chi connectivity index (χ0v) is 14.8. The minimum atomic E-state index is 0.0608. The van der Waals surface area contributed by atoms with Crippen molar-refractivity contribution in [2.45, 2.75) is 25.1 Å². The fourth-order valence-electron chi connectivity index (χ4n) is 2.68. The molecule has 116 valence electrons. The highest BCUT2D eigenvalue weighted by Crippen LogP contribution is 2.41. The molecule has 5 heteroatoms. The smallest absolute Gasteiger partial charge is 0.224 e. The fourth-order valence-corrected chi connectivity index (χ4v) is 5.21. The van der Waals surface area contributed by atoms with Gasteiger partial charge in [-0.25, -0.2) is 0 Å². The van der Waals surface area contributed by atoms with Gasteiger partial charge in [-0.15, -0.1) is 23.1 Å².